The number of likely N-dealkylation sites (N-methyl/N-ethyl adjacent to an activating group) is 1. The van der Waals surface area contributed by atoms with Gasteiger partial charge in [0.2, 0.25) is 0 Å². The molecule has 0 radical (unpaired) electrons. The number of aromatic nitrogens is 1. The molecule has 1 saturated heterocycles. The van der Waals surface area contributed by atoms with Gasteiger partial charge in [-0.2, -0.15) is 0 Å². The van der Waals surface area contributed by atoms with Gasteiger partial charge in [-0.1, -0.05) is 30.3 Å². The van der Waals surface area contributed by atoms with Crippen LogP contribution in [0.3, 0.4) is 0 Å². The van der Waals surface area contributed by atoms with E-state index in [9.17, 15) is 9.59 Å². The van der Waals surface area contributed by atoms with Crippen molar-refractivity contribution in [1.29, 1.82) is 0 Å². The van der Waals surface area contributed by atoms with Crippen LogP contribution in [0.2, 0.25) is 0 Å². The van der Waals surface area contributed by atoms with Gasteiger partial charge in [-0.15, -0.1) is 0 Å². The van der Waals surface area contributed by atoms with Crippen molar-refractivity contribution in [3.05, 3.63) is 59.4 Å². The molecule has 1 aromatic heterocycles. The number of nitrogens with one attached hydrogen (secondary N) is 1. The minimum Gasteiger partial charge on any atom is -0.356 e. The van der Waals surface area contributed by atoms with Crippen molar-refractivity contribution in [3.63, 3.8) is 0 Å². The van der Waals surface area contributed by atoms with E-state index in [0.29, 0.717) is 17.8 Å². The number of ketones is 1. The Kier molecular flexibility index (Phi) is 5.34. The zero-order valence-corrected chi connectivity index (χ0v) is 14.9. The predicted octanol–water partition coefficient (Wildman–Crippen LogP) is 3.13. The Labute approximate surface area is 148 Å². The number of likely N-dealkylation sites (tertiary alicyclic amines) is 1. The number of amides is 1. The molecular formula is C20H25N3O2. The van der Waals surface area contributed by atoms with E-state index >= 15 is 0 Å². The van der Waals surface area contributed by atoms with Crippen molar-refractivity contribution in [2.45, 2.75) is 25.8 Å². The first-order chi connectivity index (χ1) is 12.1. The number of carbonyl (C=O) groups excluding carboxylic acids is 2. The fourth-order valence-electron chi connectivity index (χ4n) is 3.21. The number of aromatic amines is 1. The van der Waals surface area contributed by atoms with Crippen LogP contribution < -0.4 is 0 Å². The Bertz CT molecular complexity index is 732. The lowest BCUT2D eigenvalue weighted by molar-refractivity contribution is 0.0787. The predicted molar refractivity (Wildman–Crippen MR) is 97.7 cm³/mol. The quantitative estimate of drug-likeness (QED) is 0.823. The SMILES string of the molecule is C[C@@H](c1ccccc1)N(C)CC(=O)c1c[nH]c(C(=O)N2CCCC2)c1. The summed E-state index contributed by atoms with van der Waals surface area (Å²) >= 11 is 0. The Morgan fingerprint density at radius 2 is 1.88 bits per heavy atom. The number of benzene rings is 1. The fraction of sp³-hybridized carbons (Fsp3) is 0.400. The van der Waals surface area contributed by atoms with Gasteiger partial charge in [0.25, 0.3) is 5.91 Å². The molecule has 5 nitrogen and oxygen atoms in total. The summed E-state index contributed by atoms with van der Waals surface area (Å²) in [7, 11) is 1.94. The molecule has 0 saturated carbocycles. The van der Waals surface area contributed by atoms with Crippen molar-refractivity contribution in [1.82, 2.24) is 14.8 Å². The van der Waals surface area contributed by atoms with Gasteiger partial charge in [-0.05, 0) is 38.4 Å². The molecule has 1 fully saturated rings. The number of H-pyrrole nitrogens is 1. The van der Waals surface area contributed by atoms with E-state index < -0.39 is 0 Å². The van der Waals surface area contributed by atoms with Crippen LogP contribution >= 0.6 is 0 Å². The highest BCUT2D eigenvalue weighted by Gasteiger charge is 2.22. The summed E-state index contributed by atoms with van der Waals surface area (Å²) in [5.41, 5.74) is 2.25. The van der Waals surface area contributed by atoms with Gasteiger partial charge in [-0.3, -0.25) is 14.5 Å². The molecule has 1 aliphatic heterocycles. The van der Waals surface area contributed by atoms with E-state index in [1.807, 2.05) is 35.0 Å². The molecule has 2 heterocycles. The maximum absolute atomic E-state index is 12.6. The second kappa shape index (κ2) is 7.66. The van der Waals surface area contributed by atoms with E-state index in [-0.39, 0.29) is 17.7 Å². The topological polar surface area (TPSA) is 56.4 Å². The highest BCUT2D eigenvalue weighted by molar-refractivity contribution is 6.01. The molecule has 1 atom stereocenters. The van der Waals surface area contributed by atoms with Crippen LogP contribution in [-0.2, 0) is 0 Å². The van der Waals surface area contributed by atoms with Gasteiger partial charge in [0, 0.05) is 30.9 Å². The van der Waals surface area contributed by atoms with Crippen LogP contribution in [0, 0.1) is 0 Å². The summed E-state index contributed by atoms with van der Waals surface area (Å²) in [6.07, 6.45) is 3.76. The van der Waals surface area contributed by atoms with Crippen molar-refractivity contribution >= 4 is 11.7 Å². The molecule has 1 aliphatic rings. The molecular weight excluding hydrogens is 314 g/mol. The van der Waals surface area contributed by atoms with Crippen molar-refractivity contribution in [2.75, 3.05) is 26.7 Å². The number of carbonyl (C=O) groups is 2. The third-order valence-corrected chi connectivity index (χ3v) is 4.96. The lowest BCUT2D eigenvalue weighted by Gasteiger charge is -2.24. The molecule has 5 heteroatoms. The van der Waals surface area contributed by atoms with Crippen LogP contribution in [0.15, 0.2) is 42.6 Å². The van der Waals surface area contributed by atoms with Crippen LogP contribution in [0.4, 0.5) is 0 Å². The molecule has 0 spiro atoms. The number of rotatable bonds is 6. The smallest absolute Gasteiger partial charge is 0.270 e. The maximum Gasteiger partial charge on any atom is 0.270 e. The van der Waals surface area contributed by atoms with Crippen LogP contribution in [0.1, 0.15) is 52.2 Å². The van der Waals surface area contributed by atoms with Crippen LogP contribution in [0.5, 0.6) is 0 Å². The molecule has 0 unspecified atom stereocenters. The van der Waals surface area contributed by atoms with Gasteiger partial charge in [0.1, 0.15) is 5.69 Å². The lowest BCUT2D eigenvalue weighted by Crippen LogP contribution is -2.29. The monoisotopic (exact) mass is 339 g/mol. The van der Waals surface area contributed by atoms with E-state index in [2.05, 4.69) is 24.0 Å². The summed E-state index contributed by atoms with van der Waals surface area (Å²) in [5, 5.41) is 0. The molecule has 2 aromatic rings. The summed E-state index contributed by atoms with van der Waals surface area (Å²) in [6.45, 7) is 4.00. The largest absolute Gasteiger partial charge is 0.356 e. The fourth-order valence-corrected chi connectivity index (χ4v) is 3.21. The van der Waals surface area contributed by atoms with Gasteiger partial charge < -0.3 is 9.88 Å². The highest BCUT2D eigenvalue weighted by atomic mass is 16.2. The summed E-state index contributed by atoms with van der Waals surface area (Å²) in [4.78, 5) is 31.8. The first kappa shape index (κ1) is 17.4. The van der Waals surface area contributed by atoms with E-state index in [0.717, 1.165) is 25.9 Å². The highest BCUT2D eigenvalue weighted by Crippen LogP contribution is 2.19. The van der Waals surface area contributed by atoms with E-state index in [1.165, 1.54) is 5.56 Å². The van der Waals surface area contributed by atoms with Crippen molar-refractivity contribution < 1.29 is 9.59 Å². The van der Waals surface area contributed by atoms with Crippen molar-refractivity contribution in [2.24, 2.45) is 0 Å². The van der Waals surface area contributed by atoms with Gasteiger partial charge in [-0.25, -0.2) is 0 Å². The summed E-state index contributed by atoms with van der Waals surface area (Å²) < 4.78 is 0. The molecule has 1 N–H and O–H groups in total. The molecule has 132 valence electrons. The van der Waals surface area contributed by atoms with Crippen molar-refractivity contribution in [3.8, 4) is 0 Å². The van der Waals surface area contributed by atoms with Gasteiger partial charge in [0.05, 0.1) is 6.54 Å². The Morgan fingerprint density at radius 1 is 1.20 bits per heavy atom. The minimum atomic E-state index is -0.0115. The minimum absolute atomic E-state index is 0.0115. The maximum atomic E-state index is 12.6. The van der Waals surface area contributed by atoms with Gasteiger partial charge in [0.15, 0.2) is 5.78 Å². The Hall–Kier alpha value is -2.40. The van der Waals surface area contributed by atoms with Crippen LogP contribution in [-0.4, -0.2) is 53.2 Å². The third-order valence-electron chi connectivity index (χ3n) is 4.96. The molecule has 1 amide bonds. The standard InChI is InChI=1S/C20H25N3O2/c1-15(16-8-4-3-5-9-16)22(2)14-19(24)17-12-18(21-13-17)20(25)23-10-6-7-11-23/h3-5,8-9,12-13,15,21H,6-7,10-11,14H2,1-2H3/t15-/m0/s1. The second-order valence-corrected chi connectivity index (χ2v) is 6.73. The van der Waals surface area contributed by atoms with Gasteiger partial charge >= 0.3 is 0 Å². The number of hydrogen-bond acceptors (Lipinski definition) is 3. The zero-order valence-electron chi connectivity index (χ0n) is 14.9. The molecule has 3 rings (SSSR count). The molecule has 1 aromatic carbocycles. The summed E-state index contributed by atoms with van der Waals surface area (Å²) in [5.74, 6) is 0.00422. The number of hydrogen-bond donors (Lipinski definition) is 1. The average Bonchev–Trinajstić information content (AvgIpc) is 3.33. The lowest BCUT2D eigenvalue weighted by atomic mass is 10.1. The third kappa shape index (κ3) is 3.99. The molecule has 25 heavy (non-hydrogen) atoms. The van der Waals surface area contributed by atoms with Crippen LogP contribution in [0.25, 0.3) is 0 Å². The first-order valence-electron chi connectivity index (χ1n) is 8.82. The second-order valence-electron chi connectivity index (χ2n) is 6.73. The normalized spacial score (nSPS) is 15.6. The molecule has 0 bridgehead atoms. The van der Waals surface area contributed by atoms with E-state index in [4.69, 9.17) is 0 Å². The number of nitrogens with zero attached hydrogens (tertiary/aromatic N) is 2. The Balaban J connectivity index is 1.62. The average molecular weight is 339 g/mol. The summed E-state index contributed by atoms with van der Waals surface area (Å²) in [6, 6.07) is 12.0. The zero-order chi connectivity index (χ0) is 17.8. The number of Topliss-reactive ketones (excluding diaryl/α,β-unsaturated/α-hetero) is 1. The Morgan fingerprint density at radius 3 is 2.56 bits per heavy atom. The molecule has 0 aliphatic carbocycles. The first-order valence-corrected chi connectivity index (χ1v) is 8.82. The van der Waals surface area contributed by atoms with E-state index in [1.54, 1.807) is 12.3 Å².